The zero-order valence-corrected chi connectivity index (χ0v) is 16.7. The van der Waals surface area contributed by atoms with Gasteiger partial charge in [-0.25, -0.2) is 9.97 Å². The number of aromatic nitrogens is 3. The van der Waals surface area contributed by atoms with E-state index in [1.54, 1.807) is 21.8 Å². The van der Waals surface area contributed by atoms with Gasteiger partial charge in [0.25, 0.3) is 5.56 Å². The molecule has 1 aliphatic rings. The molecule has 142 valence electrons. The smallest absolute Gasteiger partial charge is 0.258 e. The predicted octanol–water partition coefficient (Wildman–Crippen LogP) is 4.34. The van der Waals surface area contributed by atoms with Crippen LogP contribution in [0.1, 0.15) is 41.6 Å². The summed E-state index contributed by atoms with van der Waals surface area (Å²) in [6.07, 6.45) is 5.34. The number of hydrogen-bond acceptors (Lipinski definition) is 5. The Bertz CT molecular complexity index is 1180. The summed E-state index contributed by atoms with van der Waals surface area (Å²) in [5.41, 5.74) is 3.65. The van der Waals surface area contributed by atoms with E-state index in [2.05, 4.69) is 23.1 Å². The third-order valence-corrected chi connectivity index (χ3v) is 6.57. The fourth-order valence-corrected chi connectivity index (χ4v) is 5.18. The highest BCUT2D eigenvalue weighted by atomic mass is 32.1. The number of para-hydroxylation sites is 1. The van der Waals surface area contributed by atoms with Crippen molar-refractivity contribution in [3.05, 3.63) is 75.3 Å². The summed E-state index contributed by atoms with van der Waals surface area (Å²) < 4.78 is 2.86. The molecule has 3 aromatic heterocycles. The van der Waals surface area contributed by atoms with Crippen molar-refractivity contribution in [2.45, 2.75) is 38.8 Å². The molecule has 0 saturated carbocycles. The number of rotatable bonds is 3. The lowest BCUT2D eigenvalue weighted by molar-refractivity contribution is 0.138. The summed E-state index contributed by atoms with van der Waals surface area (Å²) >= 11 is 1.79. The minimum atomic E-state index is -0.0164. The maximum absolute atomic E-state index is 12.6. The van der Waals surface area contributed by atoms with Gasteiger partial charge in [-0.05, 0) is 50.1 Å². The second-order valence-corrected chi connectivity index (χ2v) is 8.58. The highest BCUT2D eigenvalue weighted by Gasteiger charge is 2.27. The van der Waals surface area contributed by atoms with E-state index in [1.165, 1.54) is 22.5 Å². The molecule has 5 nitrogen and oxygen atoms in total. The summed E-state index contributed by atoms with van der Waals surface area (Å²) in [5, 5.41) is 1.18. The molecule has 6 heteroatoms. The fraction of sp³-hybridized carbons (Fsp3) is 0.318. The Morgan fingerprint density at radius 3 is 2.93 bits per heavy atom. The number of fused-ring (bicyclic) bond motifs is 2. The van der Waals surface area contributed by atoms with Gasteiger partial charge in [-0.2, -0.15) is 0 Å². The first-order chi connectivity index (χ1) is 13.7. The van der Waals surface area contributed by atoms with Gasteiger partial charge >= 0.3 is 0 Å². The van der Waals surface area contributed by atoms with Crippen LogP contribution in [0.2, 0.25) is 0 Å². The average Bonchev–Trinajstić information content (AvgIpc) is 3.13. The quantitative estimate of drug-likeness (QED) is 0.522. The normalized spacial score (nSPS) is 18.1. The molecule has 1 aromatic carbocycles. The summed E-state index contributed by atoms with van der Waals surface area (Å²) in [7, 11) is 0. The van der Waals surface area contributed by atoms with E-state index in [0.29, 0.717) is 18.2 Å². The molecule has 1 fully saturated rings. The molecule has 0 bridgehead atoms. The summed E-state index contributed by atoms with van der Waals surface area (Å²) in [5.74, 6) is 0. The average molecular weight is 391 g/mol. The number of likely N-dealkylation sites (tertiary alicyclic amines) is 1. The maximum atomic E-state index is 12.6. The number of nitrogens with zero attached hydrogens (tertiary/aromatic N) is 4. The van der Waals surface area contributed by atoms with Crippen molar-refractivity contribution >= 4 is 27.2 Å². The molecule has 0 N–H and O–H groups in total. The van der Waals surface area contributed by atoms with Gasteiger partial charge in [0.15, 0.2) is 0 Å². The molecule has 0 aliphatic carbocycles. The second kappa shape index (κ2) is 7.11. The number of piperidine rings is 1. The van der Waals surface area contributed by atoms with E-state index < -0.39 is 0 Å². The standard InChI is InChI=1S/C22H22N4OS/c1-15-9-10-20-23-16(12-21(27)26(20)13-15)14-25-11-5-4-7-18(25)22-24-17-6-2-3-8-19(17)28-22/h2-3,6,8-10,12-13,18H,4-5,7,11,14H2,1H3. The molecule has 0 radical (unpaired) electrons. The van der Waals surface area contributed by atoms with Crippen LogP contribution in [0.15, 0.2) is 53.5 Å². The van der Waals surface area contributed by atoms with Crippen molar-refractivity contribution in [1.82, 2.24) is 19.3 Å². The molecule has 28 heavy (non-hydrogen) atoms. The zero-order valence-electron chi connectivity index (χ0n) is 15.8. The van der Waals surface area contributed by atoms with Crippen LogP contribution in [-0.2, 0) is 6.54 Å². The molecule has 0 spiro atoms. The summed E-state index contributed by atoms with van der Waals surface area (Å²) in [6.45, 7) is 3.67. The van der Waals surface area contributed by atoms with Gasteiger partial charge in [0, 0.05) is 18.8 Å². The minimum absolute atomic E-state index is 0.0164. The largest absolute Gasteiger partial charge is 0.288 e. The van der Waals surface area contributed by atoms with Gasteiger partial charge in [-0.15, -0.1) is 11.3 Å². The number of thiazole rings is 1. The van der Waals surface area contributed by atoms with E-state index >= 15 is 0 Å². The van der Waals surface area contributed by atoms with Crippen molar-refractivity contribution in [2.24, 2.45) is 0 Å². The minimum Gasteiger partial charge on any atom is -0.288 e. The molecule has 5 rings (SSSR count). The van der Waals surface area contributed by atoms with Crippen LogP contribution in [0.3, 0.4) is 0 Å². The first kappa shape index (κ1) is 17.5. The third kappa shape index (κ3) is 3.23. The van der Waals surface area contributed by atoms with Crippen LogP contribution in [0.5, 0.6) is 0 Å². The van der Waals surface area contributed by atoms with Gasteiger partial charge in [-0.1, -0.05) is 24.6 Å². The molecular weight excluding hydrogens is 368 g/mol. The Labute approximate surface area is 167 Å². The number of hydrogen-bond donors (Lipinski definition) is 0. The molecular formula is C22H22N4OS. The van der Waals surface area contributed by atoms with Gasteiger partial charge in [0.05, 0.1) is 22.0 Å². The topological polar surface area (TPSA) is 50.5 Å². The molecule has 1 atom stereocenters. The Hall–Kier alpha value is -2.57. The lowest BCUT2D eigenvalue weighted by atomic mass is 10.0. The van der Waals surface area contributed by atoms with E-state index in [-0.39, 0.29) is 5.56 Å². The number of pyridine rings is 1. The van der Waals surface area contributed by atoms with Crippen LogP contribution >= 0.6 is 11.3 Å². The monoisotopic (exact) mass is 390 g/mol. The van der Waals surface area contributed by atoms with E-state index in [4.69, 9.17) is 9.97 Å². The Balaban J connectivity index is 1.48. The van der Waals surface area contributed by atoms with Gasteiger partial charge in [0.2, 0.25) is 0 Å². The fourth-order valence-electron chi connectivity index (χ4n) is 4.04. The lowest BCUT2D eigenvalue weighted by Crippen LogP contribution is -2.33. The van der Waals surface area contributed by atoms with Gasteiger partial charge in [-0.3, -0.25) is 14.1 Å². The SMILES string of the molecule is Cc1ccc2nc(CN3CCCCC3c3nc4ccccc4s3)cc(=O)n2c1. The van der Waals surface area contributed by atoms with E-state index in [0.717, 1.165) is 29.7 Å². The first-order valence-corrected chi connectivity index (χ1v) is 10.6. The summed E-state index contributed by atoms with van der Waals surface area (Å²) in [4.78, 5) is 24.6. The molecule has 0 amide bonds. The number of aryl methyl sites for hydroxylation is 1. The van der Waals surface area contributed by atoms with Gasteiger partial charge < -0.3 is 0 Å². The summed E-state index contributed by atoms with van der Waals surface area (Å²) in [6, 6.07) is 14.2. The van der Waals surface area contributed by atoms with Gasteiger partial charge in [0.1, 0.15) is 10.7 Å². The van der Waals surface area contributed by atoms with Crippen molar-refractivity contribution in [3.8, 4) is 0 Å². The second-order valence-electron chi connectivity index (χ2n) is 7.52. The van der Waals surface area contributed by atoms with Crippen LogP contribution in [0.4, 0.5) is 0 Å². The zero-order chi connectivity index (χ0) is 19.1. The molecule has 1 aliphatic heterocycles. The Kier molecular flexibility index (Phi) is 4.45. The Morgan fingerprint density at radius 1 is 1.14 bits per heavy atom. The van der Waals surface area contributed by atoms with Crippen molar-refractivity contribution < 1.29 is 0 Å². The molecule has 1 unspecified atom stereocenters. The number of benzene rings is 1. The van der Waals surface area contributed by atoms with Crippen LogP contribution in [-0.4, -0.2) is 25.8 Å². The van der Waals surface area contributed by atoms with Crippen molar-refractivity contribution in [3.63, 3.8) is 0 Å². The maximum Gasteiger partial charge on any atom is 0.258 e. The van der Waals surface area contributed by atoms with Crippen molar-refractivity contribution in [2.75, 3.05) is 6.54 Å². The lowest BCUT2D eigenvalue weighted by Gasteiger charge is -2.34. The first-order valence-electron chi connectivity index (χ1n) is 9.76. The van der Waals surface area contributed by atoms with Crippen LogP contribution in [0, 0.1) is 6.92 Å². The van der Waals surface area contributed by atoms with Crippen LogP contribution < -0.4 is 5.56 Å². The Morgan fingerprint density at radius 2 is 2.04 bits per heavy atom. The van der Waals surface area contributed by atoms with Crippen molar-refractivity contribution in [1.29, 1.82) is 0 Å². The highest BCUT2D eigenvalue weighted by Crippen LogP contribution is 2.36. The molecule has 1 saturated heterocycles. The van der Waals surface area contributed by atoms with E-state index in [1.807, 2.05) is 31.3 Å². The molecule has 4 aromatic rings. The van der Waals surface area contributed by atoms with Crippen LogP contribution in [0.25, 0.3) is 15.9 Å². The third-order valence-electron chi connectivity index (χ3n) is 5.43. The highest BCUT2D eigenvalue weighted by molar-refractivity contribution is 7.18. The van der Waals surface area contributed by atoms with E-state index in [9.17, 15) is 4.79 Å². The molecule has 4 heterocycles. The predicted molar refractivity (Wildman–Crippen MR) is 113 cm³/mol.